The summed E-state index contributed by atoms with van der Waals surface area (Å²) in [6.07, 6.45) is 0.122. The first-order valence-electron chi connectivity index (χ1n) is 8.95. The molecule has 1 unspecified atom stereocenters. The summed E-state index contributed by atoms with van der Waals surface area (Å²) in [5, 5.41) is 6.78. The van der Waals surface area contributed by atoms with Gasteiger partial charge in [-0.15, -0.1) is 0 Å². The number of hydrogen-bond donors (Lipinski definition) is 1. The van der Waals surface area contributed by atoms with Gasteiger partial charge >= 0.3 is 0 Å². The van der Waals surface area contributed by atoms with E-state index in [0.29, 0.717) is 17.1 Å². The third-order valence-electron chi connectivity index (χ3n) is 4.70. The predicted molar refractivity (Wildman–Crippen MR) is 101 cm³/mol. The molecule has 1 aliphatic rings. The Morgan fingerprint density at radius 3 is 2.68 bits per heavy atom. The van der Waals surface area contributed by atoms with Crippen molar-refractivity contribution in [3.8, 4) is 11.3 Å². The number of rotatable bonds is 5. The maximum absolute atomic E-state index is 13.1. The molecule has 0 spiro atoms. The Morgan fingerprint density at radius 2 is 1.93 bits per heavy atom. The van der Waals surface area contributed by atoms with Crippen LogP contribution in [0.5, 0.6) is 0 Å². The van der Waals surface area contributed by atoms with E-state index in [4.69, 9.17) is 4.52 Å². The van der Waals surface area contributed by atoms with E-state index in [1.807, 2.05) is 30.3 Å². The summed E-state index contributed by atoms with van der Waals surface area (Å²) in [5.41, 5.74) is 2.10. The van der Waals surface area contributed by atoms with Crippen LogP contribution < -0.4 is 10.2 Å². The van der Waals surface area contributed by atoms with Crippen LogP contribution in [0.3, 0.4) is 0 Å². The third-order valence-corrected chi connectivity index (χ3v) is 4.70. The minimum absolute atomic E-state index is 0.122. The van der Waals surface area contributed by atoms with Crippen LogP contribution in [0.25, 0.3) is 11.3 Å². The Balaban J connectivity index is 1.35. The molecule has 2 aromatic carbocycles. The number of carbonyl (C=O) groups is 2. The summed E-state index contributed by atoms with van der Waals surface area (Å²) < 4.78 is 18.4. The third kappa shape index (κ3) is 3.78. The lowest BCUT2D eigenvalue weighted by Crippen LogP contribution is -2.32. The van der Waals surface area contributed by atoms with Crippen molar-refractivity contribution in [1.82, 2.24) is 10.5 Å². The molecule has 7 heteroatoms. The zero-order valence-electron chi connectivity index (χ0n) is 15.0. The van der Waals surface area contributed by atoms with Gasteiger partial charge in [0, 0.05) is 30.3 Å². The van der Waals surface area contributed by atoms with Crippen molar-refractivity contribution in [2.75, 3.05) is 11.4 Å². The van der Waals surface area contributed by atoms with E-state index in [2.05, 4.69) is 10.5 Å². The van der Waals surface area contributed by atoms with Crippen molar-refractivity contribution in [3.63, 3.8) is 0 Å². The highest BCUT2D eigenvalue weighted by Gasteiger charge is 2.35. The Kier molecular flexibility index (Phi) is 4.89. The van der Waals surface area contributed by atoms with Gasteiger partial charge < -0.3 is 14.7 Å². The average Bonchev–Trinajstić information content (AvgIpc) is 3.34. The zero-order chi connectivity index (χ0) is 19.5. The zero-order valence-corrected chi connectivity index (χ0v) is 15.0. The standard InChI is InChI=1S/C21H18FN3O3/c22-16-6-8-18(9-7-16)25-13-15(10-20(25)26)21(27)23-12-17-11-19(28-24-17)14-4-2-1-3-5-14/h1-9,11,15H,10,12-13H2,(H,23,27). The molecule has 4 rings (SSSR count). The number of hydrogen-bond acceptors (Lipinski definition) is 4. The van der Waals surface area contributed by atoms with Gasteiger partial charge in [-0.05, 0) is 24.3 Å². The van der Waals surface area contributed by atoms with Crippen LogP contribution in [0.15, 0.2) is 65.2 Å². The summed E-state index contributed by atoms with van der Waals surface area (Å²) in [5.74, 6) is -0.574. The second kappa shape index (κ2) is 7.64. The molecule has 1 N–H and O–H groups in total. The van der Waals surface area contributed by atoms with Crippen molar-refractivity contribution in [1.29, 1.82) is 0 Å². The van der Waals surface area contributed by atoms with Crippen LogP contribution in [0.4, 0.5) is 10.1 Å². The fourth-order valence-electron chi connectivity index (χ4n) is 3.21. The van der Waals surface area contributed by atoms with E-state index in [1.54, 1.807) is 6.07 Å². The molecule has 0 saturated carbocycles. The lowest BCUT2D eigenvalue weighted by molar-refractivity contribution is -0.126. The van der Waals surface area contributed by atoms with E-state index < -0.39 is 5.92 Å². The van der Waals surface area contributed by atoms with Crippen LogP contribution in [0, 0.1) is 11.7 Å². The molecule has 1 aliphatic heterocycles. The van der Waals surface area contributed by atoms with Crippen molar-refractivity contribution < 1.29 is 18.5 Å². The smallest absolute Gasteiger partial charge is 0.227 e. The summed E-state index contributed by atoms with van der Waals surface area (Å²) in [7, 11) is 0. The minimum Gasteiger partial charge on any atom is -0.356 e. The highest BCUT2D eigenvalue weighted by Crippen LogP contribution is 2.25. The van der Waals surface area contributed by atoms with E-state index in [-0.39, 0.29) is 37.1 Å². The van der Waals surface area contributed by atoms with Crippen molar-refractivity contribution in [2.24, 2.45) is 5.92 Å². The van der Waals surface area contributed by atoms with Crippen LogP contribution in [-0.2, 0) is 16.1 Å². The van der Waals surface area contributed by atoms with E-state index in [0.717, 1.165) is 5.56 Å². The average molecular weight is 379 g/mol. The fourth-order valence-corrected chi connectivity index (χ4v) is 3.21. The van der Waals surface area contributed by atoms with E-state index in [9.17, 15) is 14.0 Å². The summed E-state index contributed by atoms with van der Waals surface area (Å²) in [6, 6.07) is 17.0. The first-order valence-corrected chi connectivity index (χ1v) is 8.95. The molecular formula is C21H18FN3O3. The Hall–Kier alpha value is -3.48. The molecule has 3 aromatic rings. The number of aromatic nitrogens is 1. The number of amides is 2. The molecule has 0 aliphatic carbocycles. The van der Waals surface area contributed by atoms with Crippen molar-refractivity contribution in [3.05, 3.63) is 72.2 Å². The highest BCUT2D eigenvalue weighted by atomic mass is 19.1. The van der Waals surface area contributed by atoms with Gasteiger partial charge in [0.1, 0.15) is 11.5 Å². The second-order valence-corrected chi connectivity index (χ2v) is 6.65. The molecular weight excluding hydrogens is 361 g/mol. The van der Waals surface area contributed by atoms with Crippen molar-refractivity contribution >= 4 is 17.5 Å². The van der Waals surface area contributed by atoms with Gasteiger partial charge in [-0.25, -0.2) is 4.39 Å². The van der Waals surface area contributed by atoms with Gasteiger partial charge in [0.05, 0.1) is 12.5 Å². The van der Waals surface area contributed by atoms with Crippen LogP contribution in [0.1, 0.15) is 12.1 Å². The second-order valence-electron chi connectivity index (χ2n) is 6.65. The molecule has 1 saturated heterocycles. The van der Waals surface area contributed by atoms with Gasteiger partial charge in [0.15, 0.2) is 5.76 Å². The Bertz CT molecular complexity index is 986. The van der Waals surface area contributed by atoms with Gasteiger partial charge in [0.2, 0.25) is 11.8 Å². The number of anilines is 1. The maximum atomic E-state index is 13.1. The number of carbonyl (C=O) groups excluding carboxylic acids is 2. The summed E-state index contributed by atoms with van der Waals surface area (Å²) in [4.78, 5) is 26.2. The topological polar surface area (TPSA) is 75.4 Å². The summed E-state index contributed by atoms with van der Waals surface area (Å²) in [6.45, 7) is 0.487. The van der Waals surface area contributed by atoms with Crippen LogP contribution >= 0.6 is 0 Å². The number of nitrogens with one attached hydrogen (secondary N) is 1. The van der Waals surface area contributed by atoms with Crippen LogP contribution in [0.2, 0.25) is 0 Å². The van der Waals surface area contributed by atoms with E-state index >= 15 is 0 Å². The SMILES string of the molecule is O=C(NCc1cc(-c2ccccc2)on1)C1CC(=O)N(c2ccc(F)cc2)C1. The van der Waals surface area contributed by atoms with Gasteiger partial charge in [-0.3, -0.25) is 9.59 Å². The predicted octanol–water partition coefficient (Wildman–Crippen LogP) is 3.15. The van der Waals surface area contributed by atoms with Gasteiger partial charge in [-0.1, -0.05) is 35.5 Å². The lowest BCUT2D eigenvalue weighted by Gasteiger charge is -2.16. The van der Waals surface area contributed by atoms with Gasteiger partial charge in [-0.2, -0.15) is 0 Å². The molecule has 0 bridgehead atoms. The molecule has 1 fully saturated rings. The number of nitrogens with zero attached hydrogens (tertiary/aromatic N) is 2. The van der Waals surface area contributed by atoms with Gasteiger partial charge in [0.25, 0.3) is 0 Å². The monoisotopic (exact) mass is 379 g/mol. The first kappa shape index (κ1) is 17.9. The molecule has 1 atom stereocenters. The lowest BCUT2D eigenvalue weighted by atomic mass is 10.1. The Labute approximate surface area is 160 Å². The fraction of sp³-hybridized carbons (Fsp3) is 0.190. The maximum Gasteiger partial charge on any atom is 0.227 e. The molecule has 6 nitrogen and oxygen atoms in total. The van der Waals surface area contributed by atoms with E-state index in [1.165, 1.54) is 29.2 Å². The quantitative estimate of drug-likeness (QED) is 0.739. The van der Waals surface area contributed by atoms with Crippen molar-refractivity contribution in [2.45, 2.75) is 13.0 Å². The summed E-state index contributed by atoms with van der Waals surface area (Å²) >= 11 is 0. The van der Waals surface area contributed by atoms with Crippen LogP contribution in [-0.4, -0.2) is 23.5 Å². The normalized spacial score (nSPS) is 16.4. The molecule has 0 radical (unpaired) electrons. The first-order chi connectivity index (χ1) is 13.6. The molecule has 2 amide bonds. The molecule has 1 aromatic heterocycles. The highest BCUT2D eigenvalue weighted by molar-refractivity contribution is 6.00. The number of benzene rings is 2. The molecule has 28 heavy (non-hydrogen) atoms. The number of halogens is 1. The Morgan fingerprint density at radius 1 is 1.18 bits per heavy atom. The minimum atomic E-state index is -0.460. The largest absolute Gasteiger partial charge is 0.356 e. The molecule has 2 heterocycles. The molecule has 142 valence electrons.